The van der Waals surface area contributed by atoms with Gasteiger partial charge >= 0.3 is 0 Å². The number of likely N-dealkylation sites (tertiary alicyclic amines) is 1. The Morgan fingerprint density at radius 1 is 1.44 bits per heavy atom. The van der Waals surface area contributed by atoms with Crippen LogP contribution >= 0.6 is 0 Å². The molecule has 0 radical (unpaired) electrons. The van der Waals surface area contributed by atoms with E-state index in [-0.39, 0.29) is 5.91 Å². The Morgan fingerprint density at radius 3 is 2.88 bits per heavy atom. The van der Waals surface area contributed by atoms with Gasteiger partial charge in [0.15, 0.2) is 0 Å². The van der Waals surface area contributed by atoms with Gasteiger partial charge in [0.05, 0.1) is 0 Å². The van der Waals surface area contributed by atoms with Crippen molar-refractivity contribution in [3.63, 3.8) is 0 Å². The van der Waals surface area contributed by atoms with E-state index in [0.717, 1.165) is 25.2 Å². The molecular weight excluding hydrogens is 200 g/mol. The molecule has 1 saturated heterocycles. The Balaban J connectivity index is 1.90. The summed E-state index contributed by atoms with van der Waals surface area (Å²) in [7, 11) is 0. The van der Waals surface area contributed by atoms with Crippen LogP contribution in [0.4, 0.5) is 5.69 Å². The van der Waals surface area contributed by atoms with Crippen LogP contribution in [-0.4, -0.2) is 29.9 Å². The van der Waals surface area contributed by atoms with Crippen molar-refractivity contribution < 1.29 is 4.79 Å². The number of rotatable bonds is 3. The molecule has 1 aliphatic heterocycles. The van der Waals surface area contributed by atoms with Crippen LogP contribution in [0.1, 0.15) is 6.42 Å². The first kappa shape index (κ1) is 10.7. The standard InChI is InChI=1S/C13H16N2O/c1-2-13(16)15-9-8-12(10-15)14-11-6-4-3-5-7-11/h2-7,12,14H,1,8-10H2/t12-/m0/s1. The highest BCUT2D eigenvalue weighted by molar-refractivity contribution is 5.87. The zero-order chi connectivity index (χ0) is 11.4. The van der Waals surface area contributed by atoms with Crippen molar-refractivity contribution in [1.29, 1.82) is 0 Å². The third-order valence-electron chi connectivity index (χ3n) is 2.82. The molecule has 0 spiro atoms. The molecule has 1 amide bonds. The average Bonchev–Trinajstić information content (AvgIpc) is 2.78. The maximum atomic E-state index is 11.4. The molecule has 1 heterocycles. The number of anilines is 1. The van der Waals surface area contributed by atoms with Crippen LogP contribution < -0.4 is 5.32 Å². The highest BCUT2D eigenvalue weighted by Crippen LogP contribution is 2.15. The summed E-state index contributed by atoms with van der Waals surface area (Å²) in [6.07, 6.45) is 2.37. The summed E-state index contributed by atoms with van der Waals surface area (Å²) in [6, 6.07) is 10.4. The van der Waals surface area contributed by atoms with Crippen molar-refractivity contribution in [1.82, 2.24) is 4.90 Å². The SMILES string of the molecule is C=CC(=O)N1CC[C@H](Nc2ccccc2)C1. The highest BCUT2D eigenvalue weighted by atomic mass is 16.2. The molecule has 3 heteroatoms. The summed E-state index contributed by atoms with van der Waals surface area (Å²) in [6.45, 7) is 5.08. The van der Waals surface area contributed by atoms with E-state index in [0.29, 0.717) is 6.04 Å². The van der Waals surface area contributed by atoms with Crippen LogP contribution in [0, 0.1) is 0 Å². The molecule has 1 atom stereocenters. The normalized spacial score (nSPS) is 19.5. The van der Waals surface area contributed by atoms with Gasteiger partial charge in [-0.25, -0.2) is 0 Å². The molecule has 16 heavy (non-hydrogen) atoms. The van der Waals surface area contributed by atoms with Gasteiger partial charge in [-0.3, -0.25) is 4.79 Å². The first-order chi connectivity index (χ1) is 7.79. The Hall–Kier alpha value is -1.77. The lowest BCUT2D eigenvalue weighted by Gasteiger charge is -2.16. The summed E-state index contributed by atoms with van der Waals surface area (Å²) < 4.78 is 0. The fourth-order valence-corrected chi connectivity index (χ4v) is 1.98. The quantitative estimate of drug-likeness (QED) is 0.782. The van der Waals surface area contributed by atoms with Gasteiger partial charge < -0.3 is 10.2 Å². The van der Waals surface area contributed by atoms with Crippen LogP contribution in [0.2, 0.25) is 0 Å². The molecule has 0 aromatic heterocycles. The van der Waals surface area contributed by atoms with Crippen LogP contribution in [0.3, 0.4) is 0 Å². The molecule has 84 valence electrons. The van der Waals surface area contributed by atoms with Crippen molar-refractivity contribution in [3.05, 3.63) is 43.0 Å². The van der Waals surface area contributed by atoms with Gasteiger partial charge in [0.1, 0.15) is 0 Å². The van der Waals surface area contributed by atoms with E-state index in [1.165, 1.54) is 6.08 Å². The van der Waals surface area contributed by atoms with Gasteiger partial charge in [0, 0.05) is 24.8 Å². The fraction of sp³-hybridized carbons (Fsp3) is 0.308. The van der Waals surface area contributed by atoms with Gasteiger partial charge in [-0.15, -0.1) is 0 Å². The molecule has 1 aromatic rings. The zero-order valence-corrected chi connectivity index (χ0v) is 9.23. The molecule has 0 aliphatic carbocycles. The van der Waals surface area contributed by atoms with E-state index in [4.69, 9.17) is 0 Å². The maximum absolute atomic E-state index is 11.4. The molecule has 0 saturated carbocycles. The molecule has 1 fully saturated rings. The minimum Gasteiger partial charge on any atom is -0.380 e. The van der Waals surface area contributed by atoms with Gasteiger partial charge in [0.25, 0.3) is 0 Å². The van der Waals surface area contributed by atoms with Crippen LogP contribution in [0.5, 0.6) is 0 Å². The summed E-state index contributed by atoms with van der Waals surface area (Å²) in [5.74, 6) is 0.0253. The number of amides is 1. The largest absolute Gasteiger partial charge is 0.380 e. The lowest BCUT2D eigenvalue weighted by molar-refractivity contribution is -0.125. The summed E-state index contributed by atoms with van der Waals surface area (Å²) in [5, 5.41) is 3.42. The molecule has 1 aromatic carbocycles. The van der Waals surface area contributed by atoms with Gasteiger partial charge in [0.2, 0.25) is 5.91 Å². The van der Waals surface area contributed by atoms with Gasteiger partial charge in [-0.2, -0.15) is 0 Å². The number of hydrogen-bond acceptors (Lipinski definition) is 2. The van der Waals surface area contributed by atoms with E-state index >= 15 is 0 Å². The van der Waals surface area contributed by atoms with Crippen molar-refractivity contribution in [3.8, 4) is 0 Å². The molecule has 1 aliphatic rings. The van der Waals surface area contributed by atoms with Crippen LogP contribution in [0.25, 0.3) is 0 Å². The lowest BCUT2D eigenvalue weighted by atomic mass is 10.2. The minimum absolute atomic E-state index is 0.0253. The second-order valence-electron chi connectivity index (χ2n) is 3.98. The summed E-state index contributed by atoms with van der Waals surface area (Å²) >= 11 is 0. The Labute approximate surface area is 95.8 Å². The van der Waals surface area contributed by atoms with Crippen molar-refractivity contribution in [2.45, 2.75) is 12.5 Å². The minimum atomic E-state index is 0.0253. The van der Waals surface area contributed by atoms with Gasteiger partial charge in [-0.1, -0.05) is 24.8 Å². The molecular formula is C13H16N2O. The number of para-hydroxylation sites is 1. The number of hydrogen-bond donors (Lipinski definition) is 1. The Bertz CT molecular complexity index is 375. The summed E-state index contributed by atoms with van der Waals surface area (Å²) in [4.78, 5) is 13.2. The molecule has 0 unspecified atom stereocenters. The molecule has 2 rings (SSSR count). The summed E-state index contributed by atoms with van der Waals surface area (Å²) in [5.41, 5.74) is 1.11. The number of carbonyl (C=O) groups is 1. The first-order valence-corrected chi connectivity index (χ1v) is 5.52. The monoisotopic (exact) mass is 216 g/mol. The van der Waals surface area contributed by atoms with E-state index in [2.05, 4.69) is 11.9 Å². The number of nitrogens with zero attached hydrogens (tertiary/aromatic N) is 1. The van der Waals surface area contributed by atoms with E-state index in [1.54, 1.807) is 0 Å². The Morgan fingerprint density at radius 2 is 2.19 bits per heavy atom. The second kappa shape index (κ2) is 4.84. The van der Waals surface area contributed by atoms with Gasteiger partial charge in [-0.05, 0) is 24.6 Å². The van der Waals surface area contributed by atoms with E-state index in [9.17, 15) is 4.79 Å². The van der Waals surface area contributed by atoms with Crippen molar-refractivity contribution >= 4 is 11.6 Å². The number of benzene rings is 1. The predicted molar refractivity (Wildman–Crippen MR) is 65.2 cm³/mol. The first-order valence-electron chi connectivity index (χ1n) is 5.52. The number of carbonyl (C=O) groups excluding carboxylic acids is 1. The maximum Gasteiger partial charge on any atom is 0.246 e. The van der Waals surface area contributed by atoms with E-state index < -0.39 is 0 Å². The third kappa shape index (κ3) is 2.42. The van der Waals surface area contributed by atoms with Crippen molar-refractivity contribution in [2.75, 3.05) is 18.4 Å². The van der Waals surface area contributed by atoms with Crippen molar-refractivity contribution in [2.24, 2.45) is 0 Å². The highest BCUT2D eigenvalue weighted by Gasteiger charge is 2.24. The lowest BCUT2D eigenvalue weighted by Crippen LogP contribution is -2.30. The third-order valence-corrected chi connectivity index (χ3v) is 2.82. The van der Waals surface area contributed by atoms with Crippen LogP contribution in [-0.2, 0) is 4.79 Å². The molecule has 0 bridgehead atoms. The number of nitrogens with one attached hydrogen (secondary N) is 1. The molecule has 3 nitrogen and oxygen atoms in total. The predicted octanol–water partition coefficient (Wildman–Crippen LogP) is 1.89. The zero-order valence-electron chi connectivity index (χ0n) is 9.23. The van der Waals surface area contributed by atoms with E-state index in [1.807, 2.05) is 35.2 Å². The second-order valence-corrected chi connectivity index (χ2v) is 3.98. The fourth-order valence-electron chi connectivity index (χ4n) is 1.98. The topological polar surface area (TPSA) is 32.3 Å². The smallest absolute Gasteiger partial charge is 0.246 e. The van der Waals surface area contributed by atoms with Crippen LogP contribution in [0.15, 0.2) is 43.0 Å². The Kier molecular flexibility index (Phi) is 3.25. The average molecular weight is 216 g/mol. The molecule has 1 N–H and O–H groups in total.